The van der Waals surface area contributed by atoms with Crippen LogP contribution in [0.15, 0.2) is 91.0 Å². The Hall–Kier alpha value is -3.66. The van der Waals surface area contributed by atoms with Gasteiger partial charge in [-0.3, -0.25) is 4.79 Å². The summed E-state index contributed by atoms with van der Waals surface area (Å²) in [5.74, 6) is -0.352. The van der Waals surface area contributed by atoms with Crippen LogP contribution in [0.1, 0.15) is 49.3 Å². The average Bonchev–Trinajstić information content (AvgIpc) is 3.30. The quantitative estimate of drug-likeness (QED) is 0.461. The Balaban J connectivity index is 1.37. The summed E-state index contributed by atoms with van der Waals surface area (Å²) in [6, 6.07) is 28.1. The van der Waals surface area contributed by atoms with E-state index in [1.165, 1.54) is 25.3 Å². The van der Waals surface area contributed by atoms with E-state index in [-0.39, 0.29) is 11.9 Å². The number of benzene rings is 3. The van der Waals surface area contributed by atoms with Crippen LogP contribution >= 0.6 is 0 Å². The van der Waals surface area contributed by atoms with E-state index in [4.69, 9.17) is 4.74 Å². The van der Waals surface area contributed by atoms with Gasteiger partial charge in [-0.2, -0.15) is 0 Å². The van der Waals surface area contributed by atoms with Gasteiger partial charge >= 0.3 is 5.97 Å². The summed E-state index contributed by atoms with van der Waals surface area (Å²) in [6.07, 6.45) is 6.30. The van der Waals surface area contributed by atoms with Crippen molar-refractivity contribution in [3.63, 3.8) is 0 Å². The molecule has 3 aromatic rings. The Bertz CT molecular complexity index is 1160. The molecule has 5 rings (SSSR count). The molecule has 0 radical (unpaired) electrons. The number of amides is 1. The molecule has 0 saturated heterocycles. The lowest BCUT2D eigenvalue weighted by Gasteiger charge is -2.32. The van der Waals surface area contributed by atoms with Crippen LogP contribution in [0.4, 0.5) is 0 Å². The molecule has 0 spiro atoms. The lowest BCUT2D eigenvalue weighted by atomic mass is 9.81. The van der Waals surface area contributed by atoms with Crippen molar-refractivity contribution in [2.24, 2.45) is 5.92 Å². The minimum absolute atomic E-state index is 0.0880. The highest BCUT2D eigenvalue weighted by atomic mass is 16.6. The molecule has 172 valence electrons. The van der Waals surface area contributed by atoms with Gasteiger partial charge in [0, 0.05) is 11.6 Å². The second kappa shape index (κ2) is 10.1. The Morgan fingerprint density at radius 1 is 0.765 bits per heavy atom. The van der Waals surface area contributed by atoms with E-state index in [1.54, 1.807) is 0 Å². The fraction of sp³-hybridized carbons (Fsp3) is 0.267. The summed E-state index contributed by atoms with van der Waals surface area (Å²) >= 11 is 0. The van der Waals surface area contributed by atoms with Crippen molar-refractivity contribution < 1.29 is 14.3 Å². The third-order valence-corrected chi connectivity index (χ3v) is 6.93. The first-order chi connectivity index (χ1) is 16.7. The molecule has 1 fully saturated rings. The van der Waals surface area contributed by atoms with E-state index >= 15 is 0 Å². The molecule has 1 N–H and O–H groups in total. The molecule has 2 aliphatic rings. The highest BCUT2D eigenvalue weighted by Gasteiger charge is 2.36. The molecule has 0 bridgehead atoms. The summed E-state index contributed by atoms with van der Waals surface area (Å²) < 4.78 is 5.49. The van der Waals surface area contributed by atoms with E-state index in [9.17, 15) is 9.59 Å². The van der Waals surface area contributed by atoms with Gasteiger partial charge in [-0.25, -0.2) is 4.79 Å². The number of hydrogen-bond acceptors (Lipinski definition) is 3. The molecule has 34 heavy (non-hydrogen) atoms. The fourth-order valence-electron chi connectivity index (χ4n) is 5.16. The lowest BCUT2D eigenvalue weighted by Crippen LogP contribution is -2.41. The van der Waals surface area contributed by atoms with Gasteiger partial charge in [-0.1, -0.05) is 104 Å². The summed E-state index contributed by atoms with van der Waals surface area (Å²) in [5, 5.41) is 3.25. The Kier molecular flexibility index (Phi) is 6.57. The van der Waals surface area contributed by atoms with Crippen molar-refractivity contribution in [3.8, 4) is 11.1 Å². The van der Waals surface area contributed by atoms with E-state index in [1.807, 2.05) is 60.7 Å². The number of hydrogen-bond donors (Lipinski definition) is 1. The Morgan fingerprint density at radius 2 is 1.35 bits per heavy atom. The summed E-state index contributed by atoms with van der Waals surface area (Å²) in [6.45, 7) is 0. The molecule has 2 unspecified atom stereocenters. The van der Waals surface area contributed by atoms with Crippen LogP contribution in [0.5, 0.6) is 0 Å². The van der Waals surface area contributed by atoms with Crippen molar-refractivity contribution in [1.29, 1.82) is 0 Å². The number of cyclic esters (lactones) is 1. The maximum Gasteiger partial charge on any atom is 0.332 e. The second-order valence-corrected chi connectivity index (χ2v) is 9.16. The fourth-order valence-corrected chi connectivity index (χ4v) is 5.16. The topological polar surface area (TPSA) is 55.4 Å². The Morgan fingerprint density at radius 3 is 2.03 bits per heavy atom. The summed E-state index contributed by atoms with van der Waals surface area (Å²) in [7, 11) is 0. The van der Waals surface area contributed by atoms with E-state index in [2.05, 4.69) is 29.6 Å². The molecular formula is C30H29NO3. The molecule has 1 amide bonds. The summed E-state index contributed by atoms with van der Waals surface area (Å²) in [4.78, 5) is 25.7. The number of esters is 1. The van der Waals surface area contributed by atoms with Gasteiger partial charge in [-0.05, 0) is 41.0 Å². The summed E-state index contributed by atoms with van der Waals surface area (Å²) in [5.41, 5.74) is 4.73. The molecule has 4 nitrogen and oxygen atoms in total. The van der Waals surface area contributed by atoms with E-state index < -0.39 is 12.1 Å². The molecule has 3 aromatic carbocycles. The Labute approximate surface area is 200 Å². The van der Waals surface area contributed by atoms with Crippen molar-refractivity contribution in [2.45, 2.75) is 44.2 Å². The first-order valence-corrected chi connectivity index (χ1v) is 12.1. The molecule has 1 aliphatic heterocycles. The molecule has 4 heteroatoms. The van der Waals surface area contributed by atoms with Crippen LogP contribution in [0.2, 0.25) is 0 Å². The minimum atomic E-state index is -0.940. The number of carbonyl (C=O) groups excluding carboxylic acids is 2. The normalized spacial score (nSPS) is 19.2. The van der Waals surface area contributed by atoms with E-state index in [0.717, 1.165) is 35.1 Å². The van der Waals surface area contributed by atoms with Crippen molar-refractivity contribution >= 4 is 17.4 Å². The van der Waals surface area contributed by atoms with Gasteiger partial charge in [-0.15, -0.1) is 0 Å². The van der Waals surface area contributed by atoms with Crippen LogP contribution in [0.25, 0.3) is 16.7 Å². The van der Waals surface area contributed by atoms with Gasteiger partial charge in [0.25, 0.3) is 5.91 Å². The van der Waals surface area contributed by atoms with Gasteiger partial charge < -0.3 is 10.1 Å². The van der Waals surface area contributed by atoms with Gasteiger partial charge in [0.1, 0.15) is 0 Å². The van der Waals surface area contributed by atoms with Crippen molar-refractivity contribution in [3.05, 3.63) is 102 Å². The minimum Gasteiger partial charge on any atom is -0.444 e. The zero-order chi connectivity index (χ0) is 23.3. The number of rotatable bonds is 6. The molecule has 2 atom stereocenters. The highest BCUT2D eigenvalue weighted by Crippen LogP contribution is 2.35. The van der Waals surface area contributed by atoms with Crippen molar-refractivity contribution in [1.82, 2.24) is 5.32 Å². The average molecular weight is 452 g/mol. The predicted molar refractivity (Wildman–Crippen MR) is 134 cm³/mol. The van der Waals surface area contributed by atoms with E-state index in [0.29, 0.717) is 11.5 Å². The lowest BCUT2D eigenvalue weighted by molar-refractivity contribution is -0.146. The zero-order valence-electron chi connectivity index (χ0n) is 19.2. The first-order valence-electron chi connectivity index (χ1n) is 12.1. The van der Waals surface area contributed by atoms with Gasteiger partial charge in [0.15, 0.2) is 0 Å². The molecule has 1 heterocycles. The second-order valence-electron chi connectivity index (χ2n) is 9.16. The highest BCUT2D eigenvalue weighted by molar-refractivity contribution is 6.07. The number of ether oxygens (including phenoxy) is 1. The van der Waals surface area contributed by atoms with Crippen LogP contribution in [0.3, 0.4) is 0 Å². The smallest absolute Gasteiger partial charge is 0.332 e. The third-order valence-electron chi connectivity index (χ3n) is 6.93. The third kappa shape index (κ3) is 4.81. The molecular weight excluding hydrogens is 422 g/mol. The standard InChI is InChI=1S/C30H29NO3/c32-27-20-26(23-18-16-22(17-19-23)21-10-4-1-5-11-21)29(34-27)30(33)31-28(24-12-6-2-7-13-24)25-14-8-3-9-15-25/h1-2,4-7,10-13,16-20,25,28-29H,3,8-9,14-15H2,(H,31,33). The van der Waals surface area contributed by atoms with Crippen LogP contribution in [-0.2, 0) is 14.3 Å². The van der Waals surface area contributed by atoms with Crippen LogP contribution < -0.4 is 5.32 Å². The maximum absolute atomic E-state index is 13.5. The predicted octanol–water partition coefficient (Wildman–Crippen LogP) is 6.10. The van der Waals surface area contributed by atoms with Gasteiger partial charge in [0.05, 0.1) is 6.04 Å². The van der Waals surface area contributed by atoms with Crippen LogP contribution in [-0.4, -0.2) is 18.0 Å². The number of nitrogens with one attached hydrogen (secondary N) is 1. The maximum atomic E-state index is 13.5. The molecule has 1 saturated carbocycles. The first kappa shape index (κ1) is 22.1. The van der Waals surface area contributed by atoms with Gasteiger partial charge in [0.2, 0.25) is 6.10 Å². The largest absolute Gasteiger partial charge is 0.444 e. The SMILES string of the molecule is O=C1C=C(c2ccc(-c3ccccc3)cc2)C(C(=O)NC(c2ccccc2)C2CCCCC2)O1. The molecule has 1 aliphatic carbocycles. The number of carbonyl (C=O) groups is 2. The van der Waals surface area contributed by atoms with Crippen molar-refractivity contribution in [2.75, 3.05) is 0 Å². The zero-order valence-corrected chi connectivity index (χ0v) is 19.2. The monoisotopic (exact) mass is 451 g/mol. The molecule has 0 aromatic heterocycles. The van der Waals surface area contributed by atoms with Crippen LogP contribution in [0, 0.1) is 5.92 Å².